The Bertz CT molecular complexity index is 197. The van der Waals surface area contributed by atoms with Crippen molar-refractivity contribution >= 4 is 8.80 Å². The summed E-state index contributed by atoms with van der Waals surface area (Å²) >= 11 is 0. The van der Waals surface area contributed by atoms with E-state index in [1.807, 2.05) is 13.8 Å². The molecule has 0 bridgehead atoms. The first-order valence-corrected chi connectivity index (χ1v) is 7.34. The lowest BCUT2D eigenvalue weighted by Crippen LogP contribution is -2.60. The molecule has 1 aliphatic heterocycles. The Kier molecular flexibility index (Phi) is 4.73. The van der Waals surface area contributed by atoms with Gasteiger partial charge in [0.05, 0.1) is 5.67 Å². The first-order chi connectivity index (χ1) is 7.05. The summed E-state index contributed by atoms with van der Waals surface area (Å²) in [5.74, 6) is 0. The molecule has 1 rings (SSSR count). The fourth-order valence-electron chi connectivity index (χ4n) is 2.22. The van der Waals surface area contributed by atoms with E-state index in [-0.39, 0.29) is 6.10 Å². The second kappa shape index (κ2) is 5.40. The van der Waals surface area contributed by atoms with Gasteiger partial charge in [0.2, 0.25) is 0 Å². The predicted octanol–water partition coefficient (Wildman–Crippen LogP) is 1.28. The van der Waals surface area contributed by atoms with Gasteiger partial charge in [0.1, 0.15) is 0 Å². The molecule has 0 spiro atoms. The standard InChI is InChI=1S/C10H23NO3Si/c1-9(2)14-15(12-4,13-5)10-7-6-8-11(10)3/h9-10H,6-8H2,1-5H3. The van der Waals surface area contributed by atoms with Crippen molar-refractivity contribution in [2.24, 2.45) is 0 Å². The third-order valence-electron chi connectivity index (χ3n) is 2.90. The van der Waals surface area contributed by atoms with Crippen molar-refractivity contribution in [1.82, 2.24) is 4.90 Å². The van der Waals surface area contributed by atoms with Gasteiger partial charge >= 0.3 is 8.80 Å². The molecule has 1 heterocycles. The minimum absolute atomic E-state index is 0.144. The highest BCUT2D eigenvalue weighted by molar-refractivity contribution is 6.62. The summed E-state index contributed by atoms with van der Waals surface area (Å²) < 4.78 is 17.2. The van der Waals surface area contributed by atoms with Crippen LogP contribution in [0.2, 0.25) is 0 Å². The minimum atomic E-state index is -2.51. The zero-order valence-corrected chi connectivity index (χ0v) is 11.4. The van der Waals surface area contributed by atoms with Crippen LogP contribution in [0, 0.1) is 0 Å². The van der Waals surface area contributed by atoms with E-state index >= 15 is 0 Å². The van der Waals surface area contributed by atoms with Gasteiger partial charge in [-0.05, 0) is 40.3 Å². The predicted molar refractivity (Wildman–Crippen MR) is 61.6 cm³/mol. The SMILES string of the molecule is CO[Si](OC)(OC(C)C)C1CCCN1C. The number of nitrogens with zero attached hydrogens (tertiary/aromatic N) is 1. The van der Waals surface area contributed by atoms with Crippen LogP contribution < -0.4 is 0 Å². The van der Waals surface area contributed by atoms with Crippen LogP contribution in [0.5, 0.6) is 0 Å². The number of likely N-dealkylation sites (tertiary alicyclic amines) is 1. The van der Waals surface area contributed by atoms with Gasteiger partial charge in [-0.2, -0.15) is 0 Å². The van der Waals surface area contributed by atoms with Gasteiger partial charge in [0.15, 0.2) is 0 Å². The van der Waals surface area contributed by atoms with Crippen LogP contribution in [0.15, 0.2) is 0 Å². The van der Waals surface area contributed by atoms with Crippen LogP contribution in [-0.4, -0.2) is 53.3 Å². The van der Waals surface area contributed by atoms with Crippen molar-refractivity contribution in [3.8, 4) is 0 Å². The van der Waals surface area contributed by atoms with Crippen LogP contribution in [0.4, 0.5) is 0 Å². The largest absolute Gasteiger partial charge is 0.518 e. The molecule has 0 aromatic carbocycles. The van der Waals surface area contributed by atoms with Gasteiger partial charge in [-0.25, -0.2) is 0 Å². The Morgan fingerprint density at radius 1 is 1.27 bits per heavy atom. The van der Waals surface area contributed by atoms with E-state index in [9.17, 15) is 0 Å². The first-order valence-electron chi connectivity index (χ1n) is 5.54. The molecule has 0 aromatic heterocycles. The molecule has 1 fully saturated rings. The van der Waals surface area contributed by atoms with E-state index in [1.165, 1.54) is 6.42 Å². The van der Waals surface area contributed by atoms with Crippen LogP contribution in [0.3, 0.4) is 0 Å². The van der Waals surface area contributed by atoms with E-state index in [0.717, 1.165) is 13.0 Å². The van der Waals surface area contributed by atoms with Gasteiger partial charge in [-0.3, -0.25) is 4.90 Å². The van der Waals surface area contributed by atoms with Gasteiger partial charge in [-0.1, -0.05) is 0 Å². The third-order valence-corrected chi connectivity index (χ3v) is 6.38. The molecular formula is C10H23NO3Si. The summed E-state index contributed by atoms with van der Waals surface area (Å²) in [5, 5.41) is 0. The first kappa shape index (κ1) is 13.1. The third kappa shape index (κ3) is 2.79. The molecule has 0 aliphatic carbocycles. The number of hydrogen-bond acceptors (Lipinski definition) is 4. The quantitative estimate of drug-likeness (QED) is 0.669. The Balaban J connectivity index is 2.78. The lowest BCUT2D eigenvalue weighted by Gasteiger charge is -2.36. The van der Waals surface area contributed by atoms with E-state index in [4.69, 9.17) is 13.3 Å². The molecule has 0 N–H and O–H groups in total. The van der Waals surface area contributed by atoms with E-state index in [1.54, 1.807) is 14.2 Å². The summed E-state index contributed by atoms with van der Waals surface area (Å²) in [7, 11) is 3.00. The molecule has 0 saturated carbocycles. The Hall–Kier alpha value is 0.0569. The van der Waals surface area contributed by atoms with Gasteiger partial charge in [0, 0.05) is 20.3 Å². The van der Waals surface area contributed by atoms with Crippen LogP contribution >= 0.6 is 0 Å². The van der Waals surface area contributed by atoms with Crippen LogP contribution in [0.1, 0.15) is 26.7 Å². The maximum Gasteiger partial charge on any atom is 0.518 e. The van der Waals surface area contributed by atoms with Crippen molar-refractivity contribution in [2.75, 3.05) is 27.8 Å². The zero-order chi connectivity index (χ0) is 11.5. The average molecular weight is 233 g/mol. The molecule has 0 aromatic rings. The van der Waals surface area contributed by atoms with Crippen molar-refractivity contribution in [3.63, 3.8) is 0 Å². The lowest BCUT2D eigenvalue weighted by molar-refractivity contribution is 0.0463. The van der Waals surface area contributed by atoms with Crippen LogP contribution in [-0.2, 0) is 13.3 Å². The zero-order valence-electron chi connectivity index (χ0n) is 10.4. The molecule has 4 nitrogen and oxygen atoms in total. The molecule has 1 atom stereocenters. The number of hydrogen-bond donors (Lipinski definition) is 0. The Morgan fingerprint density at radius 3 is 2.20 bits per heavy atom. The topological polar surface area (TPSA) is 30.9 Å². The maximum absolute atomic E-state index is 5.94. The normalized spacial score (nSPS) is 24.0. The summed E-state index contributed by atoms with van der Waals surface area (Å²) in [6.45, 7) is 5.15. The Morgan fingerprint density at radius 2 is 1.87 bits per heavy atom. The molecule has 15 heavy (non-hydrogen) atoms. The molecule has 1 aliphatic rings. The molecule has 1 unspecified atom stereocenters. The van der Waals surface area contributed by atoms with E-state index < -0.39 is 8.80 Å². The molecular weight excluding hydrogens is 210 g/mol. The van der Waals surface area contributed by atoms with Crippen molar-refractivity contribution in [2.45, 2.75) is 38.5 Å². The highest BCUT2D eigenvalue weighted by Crippen LogP contribution is 2.27. The van der Waals surface area contributed by atoms with E-state index in [0.29, 0.717) is 5.67 Å². The molecule has 5 heteroatoms. The lowest BCUT2D eigenvalue weighted by atomic mass is 10.4. The van der Waals surface area contributed by atoms with Crippen molar-refractivity contribution in [1.29, 1.82) is 0 Å². The maximum atomic E-state index is 5.94. The van der Waals surface area contributed by atoms with Gasteiger partial charge < -0.3 is 13.3 Å². The van der Waals surface area contributed by atoms with E-state index in [2.05, 4.69) is 11.9 Å². The second-order valence-electron chi connectivity index (χ2n) is 4.32. The molecule has 0 radical (unpaired) electrons. The fraction of sp³-hybridized carbons (Fsp3) is 1.00. The monoisotopic (exact) mass is 233 g/mol. The highest BCUT2D eigenvalue weighted by Gasteiger charge is 2.52. The molecule has 1 saturated heterocycles. The van der Waals surface area contributed by atoms with Gasteiger partial charge in [-0.15, -0.1) is 0 Å². The van der Waals surface area contributed by atoms with Crippen LogP contribution in [0.25, 0.3) is 0 Å². The van der Waals surface area contributed by atoms with Crippen molar-refractivity contribution < 1.29 is 13.3 Å². The summed E-state index contributed by atoms with van der Waals surface area (Å²) in [6.07, 6.45) is 2.45. The molecule has 90 valence electrons. The molecule has 0 amide bonds. The summed E-state index contributed by atoms with van der Waals surface area (Å²) in [5.41, 5.74) is 0.315. The Labute approximate surface area is 93.9 Å². The second-order valence-corrected chi connectivity index (χ2v) is 7.24. The summed E-state index contributed by atoms with van der Waals surface area (Å²) in [6, 6.07) is 0. The number of rotatable bonds is 5. The van der Waals surface area contributed by atoms with Crippen molar-refractivity contribution in [3.05, 3.63) is 0 Å². The highest BCUT2D eigenvalue weighted by atomic mass is 28.4. The fourth-order valence-corrected chi connectivity index (χ4v) is 5.16. The van der Waals surface area contributed by atoms with Gasteiger partial charge in [0.25, 0.3) is 0 Å². The smallest absolute Gasteiger partial charge is 0.376 e. The summed E-state index contributed by atoms with van der Waals surface area (Å²) in [4.78, 5) is 2.29. The average Bonchev–Trinajstić information content (AvgIpc) is 2.61. The minimum Gasteiger partial charge on any atom is -0.376 e.